The van der Waals surface area contributed by atoms with E-state index >= 15 is 0 Å². The van der Waals surface area contributed by atoms with E-state index in [1.54, 1.807) is 11.8 Å². The number of ether oxygens (including phenoxy) is 2. The summed E-state index contributed by atoms with van der Waals surface area (Å²) in [6.07, 6.45) is 0.630. The van der Waals surface area contributed by atoms with Gasteiger partial charge in [0, 0.05) is 6.54 Å². The Morgan fingerprint density at radius 2 is 2.55 bits per heavy atom. The molecule has 0 N–H and O–H groups in total. The van der Waals surface area contributed by atoms with Crippen LogP contribution >= 0.6 is 0 Å². The first kappa shape index (κ1) is 8.33. The summed E-state index contributed by atoms with van der Waals surface area (Å²) >= 11 is 0. The number of carbonyl (C=O) groups is 1. The van der Waals surface area contributed by atoms with E-state index < -0.39 is 0 Å². The lowest BCUT2D eigenvalue weighted by Gasteiger charge is -2.25. The average Bonchev–Trinajstić information content (AvgIpc) is 2.07. The zero-order chi connectivity index (χ0) is 8.10. The van der Waals surface area contributed by atoms with Crippen LogP contribution in [-0.2, 0) is 9.47 Å². The van der Waals surface area contributed by atoms with E-state index in [0.29, 0.717) is 13.3 Å². The lowest BCUT2D eigenvalue weighted by Crippen LogP contribution is -2.38. The quantitative estimate of drug-likeness (QED) is 0.568. The van der Waals surface area contributed by atoms with E-state index in [0.717, 1.165) is 19.6 Å². The number of hydrogen-bond acceptors (Lipinski definition) is 3. The van der Waals surface area contributed by atoms with Crippen molar-refractivity contribution < 1.29 is 14.3 Å². The first-order valence-electron chi connectivity index (χ1n) is 3.84. The Hall–Kier alpha value is -0.770. The van der Waals surface area contributed by atoms with E-state index in [1.807, 2.05) is 0 Å². The molecular formula is C7H13NO3. The minimum atomic E-state index is -0.271. The number of hydrogen-bond donors (Lipinski definition) is 0. The predicted molar refractivity (Wildman–Crippen MR) is 39.2 cm³/mol. The van der Waals surface area contributed by atoms with Gasteiger partial charge in [-0.05, 0) is 13.3 Å². The molecule has 1 aliphatic heterocycles. The van der Waals surface area contributed by atoms with Gasteiger partial charge in [-0.15, -0.1) is 0 Å². The SMILES string of the molecule is CCOC(=O)N1CCCOC1. The Bertz CT molecular complexity index is 132. The van der Waals surface area contributed by atoms with Crippen molar-refractivity contribution in [2.45, 2.75) is 13.3 Å². The third-order valence-corrected chi connectivity index (χ3v) is 1.49. The van der Waals surface area contributed by atoms with Crippen molar-refractivity contribution in [1.82, 2.24) is 4.90 Å². The van der Waals surface area contributed by atoms with Crippen LogP contribution in [-0.4, -0.2) is 37.5 Å². The molecule has 1 rings (SSSR count). The zero-order valence-electron chi connectivity index (χ0n) is 6.71. The van der Waals surface area contributed by atoms with Crippen molar-refractivity contribution in [2.75, 3.05) is 26.5 Å². The molecule has 11 heavy (non-hydrogen) atoms. The summed E-state index contributed by atoms with van der Waals surface area (Å²) in [5, 5.41) is 0. The first-order chi connectivity index (χ1) is 5.34. The third kappa shape index (κ3) is 2.38. The van der Waals surface area contributed by atoms with Gasteiger partial charge in [0.2, 0.25) is 0 Å². The molecule has 1 amide bonds. The van der Waals surface area contributed by atoms with Crippen LogP contribution in [0.5, 0.6) is 0 Å². The van der Waals surface area contributed by atoms with Crippen molar-refractivity contribution in [1.29, 1.82) is 0 Å². The molecule has 0 aromatic heterocycles. The normalized spacial score (nSPS) is 18.1. The third-order valence-electron chi connectivity index (χ3n) is 1.49. The number of rotatable bonds is 1. The Labute approximate surface area is 66.1 Å². The van der Waals surface area contributed by atoms with Gasteiger partial charge in [-0.3, -0.25) is 4.90 Å². The van der Waals surface area contributed by atoms with Gasteiger partial charge in [0.1, 0.15) is 6.73 Å². The van der Waals surface area contributed by atoms with E-state index in [4.69, 9.17) is 9.47 Å². The maximum absolute atomic E-state index is 11.0. The maximum atomic E-state index is 11.0. The van der Waals surface area contributed by atoms with Crippen molar-refractivity contribution >= 4 is 6.09 Å². The molecule has 0 saturated carbocycles. The summed E-state index contributed by atoms with van der Waals surface area (Å²) < 4.78 is 9.86. The maximum Gasteiger partial charge on any atom is 0.411 e. The second-order valence-corrected chi connectivity index (χ2v) is 2.35. The molecule has 0 unspecified atom stereocenters. The van der Waals surface area contributed by atoms with Gasteiger partial charge in [0.25, 0.3) is 0 Å². The molecule has 4 heteroatoms. The van der Waals surface area contributed by atoms with Crippen LogP contribution in [0, 0.1) is 0 Å². The van der Waals surface area contributed by atoms with Crippen LogP contribution < -0.4 is 0 Å². The Morgan fingerprint density at radius 3 is 3.09 bits per heavy atom. The van der Waals surface area contributed by atoms with E-state index in [2.05, 4.69) is 0 Å². The largest absolute Gasteiger partial charge is 0.450 e. The van der Waals surface area contributed by atoms with Crippen molar-refractivity contribution in [3.05, 3.63) is 0 Å². The topological polar surface area (TPSA) is 38.8 Å². The molecule has 1 heterocycles. The number of nitrogens with zero attached hydrogens (tertiary/aromatic N) is 1. The monoisotopic (exact) mass is 159 g/mol. The van der Waals surface area contributed by atoms with Gasteiger partial charge in [-0.1, -0.05) is 0 Å². The molecule has 0 radical (unpaired) electrons. The molecule has 64 valence electrons. The van der Waals surface area contributed by atoms with Crippen molar-refractivity contribution in [2.24, 2.45) is 0 Å². The first-order valence-corrected chi connectivity index (χ1v) is 3.84. The van der Waals surface area contributed by atoms with Gasteiger partial charge >= 0.3 is 6.09 Å². The summed E-state index contributed by atoms with van der Waals surface area (Å²) in [5.41, 5.74) is 0. The molecule has 0 spiro atoms. The minimum absolute atomic E-state index is 0.271. The Morgan fingerprint density at radius 1 is 1.73 bits per heavy atom. The van der Waals surface area contributed by atoms with Crippen LogP contribution in [0.2, 0.25) is 0 Å². The zero-order valence-corrected chi connectivity index (χ0v) is 6.71. The molecule has 0 aromatic carbocycles. The van der Waals surface area contributed by atoms with Crippen molar-refractivity contribution in [3.63, 3.8) is 0 Å². The van der Waals surface area contributed by atoms with Gasteiger partial charge in [0.05, 0.1) is 13.2 Å². The Kier molecular flexibility index (Phi) is 3.16. The fourth-order valence-corrected chi connectivity index (χ4v) is 0.956. The van der Waals surface area contributed by atoms with Gasteiger partial charge in [-0.2, -0.15) is 0 Å². The highest BCUT2D eigenvalue weighted by atomic mass is 16.6. The van der Waals surface area contributed by atoms with Crippen molar-refractivity contribution in [3.8, 4) is 0 Å². The number of amides is 1. The van der Waals surface area contributed by atoms with E-state index in [9.17, 15) is 4.79 Å². The molecule has 1 fully saturated rings. The molecule has 0 atom stereocenters. The molecule has 1 saturated heterocycles. The molecule has 0 bridgehead atoms. The van der Waals surface area contributed by atoms with Gasteiger partial charge < -0.3 is 9.47 Å². The average molecular weight is 159 g/mol. The molecule has 4 nitrogen and oxygen atoms in total. The lowest BCUT2D eigenvalue weighted by atomic mass is 10.4. The summed E-state index contributed by atoms with van der Waals surface area (Å²) in [5.74, 6) is 0. The summed E-state index contributed by atoms with van der Waals surface area (Å²) in [6, 6.07) is 0. The fourth-order valence-electron chi connectivity index (χ4n) is 0.956. The highest BCUT2D eigenvalue weighted by Crippen LogP contribution is 2.02. The lowest BCUT2D eigenvalue weighted by molar-refractivity contribution is -0.0125. The summed E-state index contributed by atoms with van der Waals surface area (Å²) in [7, 11) is 0. The minimum Gasteiger partial charge on any atom is -0.450 e. The molecule has 1 aliphatic rings. The van der Waals surface area contributed by atoms with Crippen LogP contribution in [0.15, 0.2) is 0 Å². The smallest absolute Gasteiger partial charge is 0.411 e. The molecule has 0 aliphatic carbocycles. The summed E-state index contributed by atoms with van der Waals surface area (Å²) in [4.78, 5) is 12.6. The highest BCUT2D eigenvalue weighted by molar-refractivity contribution is 5.67. The fraction of sp³-hybridized carbons (Fsp3) is 0.857. The van der Waals surface area contributed by atoms with Crippen LogP contribution in [0.25, 0.3) is 0 Å². The molecular weight excluding hydrogens is 146 g/mol. The van der Waals surface area contributed by atoms with Crippen LogP contribution in [0.3, 0.4) is 0 Å². The van der Waals surface area contributed by atoms with Crippen LogP contribution in [0.4, 0.5) is 4.79 Å². The van der Waals surface area contributed by atoms with Gasteiger partial charge in [-0.25, -0.2) is 4.79 Å². The van der Waals surface area contributed by atoms with E-state index in [1.165, 1.54) is 0 Å². The predicted octanol–water partition coefficient (Wildman–Crippen LogP) is 0.823. The second-order valence-electron chi connectivity index (χ2n) is 2.35. The van der Waals surface area contributed by atoms with Gasteiger partial charge in [0.15, 0.2) is 0 Å². The van der Waals surface area contributed by atoms with Crippen LogP contribution in [0.1, 0.15) is 13.3 Å². The standard InChI is InChI=1S/C7H13NO3/c1-2-11-7(9)8-4-3-5-10-6-8/h2-6H2,1H3. The molecule has 0 aromatic rings. The Balaban J connectivity index is 2.27. The number of carbonyl (C=O) groups excluding carboxylic acids is 1. The van der Waals surface area contributed by atoms with E-state index in [-0.39, 0.29) is 6.09 Å². The summed E-state index contributed by atoms with van der Waals surface area (Å²) in [6.45, 7) is 4.09. The second kappa shape index (κ2) is 4.18. The highest BCUT2D eigenvalue weighted by Gasteiger charge is 2.16.